The lowest BCUT2D eigenvalue weighted by Gasteiger charge is -2.19. The Bertz CT molecular complexity index is 133. The molecule has 0 aromatic rings. The van der Waals surface area contributed by atoms with Gasteiger partial charge in [-0.05, 0) is 31.1 Å². The van der Waals surface area contributed by atoms with E-state index in [0.29, 0.717) is 5.38 Å². The highest BCUT2D eigenvalue weighted by Gasteiger charge is 2.21. The van der Waals surface area contributed by atoms with Crippen molar-refractivity contribution in [3.05, 3.63) is 0 Å². The Hall–Kier alpha value is 0.290. The molecule has 1 aliphatic rings. The minimum Gasteiger partial charge on any atom is -0.123 e. The Morgan fingerprint density at radius 3 is 2.69 bits per heavy atom. The molecular formula is C12H23Cl. The molecule has 3 unspecified atom stereocenters. The summed E-state index contributed by atoms with van der Waals surface area (Å²) in [6.45, 7) is 4.61. The third kappa shape index (κ3) is 3.89. The summed E-state index contributed by atoms with van der Waals surface area (Å²) in [6, 6.07) is 0. The van der Waals surface area contributed by atoms with E-state index in [-0.39, 0.29) is 0 Å². The van der Waals surface area contributed by atoms with E-state index < -0.39 is 0 Å². The van der Waals surface area contributed by atoms with Crippen LogP contribution < -0.4 is 0 Å². The van der Waals surface area contributed by atoms with Gasteiger partial charge in [-0.2, -0.15) is 0 Å². The van der Waals surface area contributed by atoms with Crippen LogP contribution in [0.3, 0.4) is 0 Å². The van der Waals surface area contributed by atoms with Crippen molar-refractivity contribution in [3.63, 3.8) is 0 Å². The number of alkyl halides is 1. The molecule has 0 aromatic heterocycles. The second-order valence-corrected chi connectivity index (χ2v) is 5.24. The van der Waals surface area contributed by atoms with Gasteiger partial charge in [0.2, 0.25) is 0 Å². The highest BCUT2D eigenvalue weighted by atomic mass is 35.5. The summed E-state index contributed by atoms with van der Waals surface area (Å²) in [5, 5.41) is 0.454. The van der Waals surface area contributed by atoms with Crippen molar-refractivity contribution in [1.82, 2.24) is 0 Å². The summed E-state index contributed by atoms with van der Waals surface area (Å²) in [6.07, 6.45) is 9.41. The van der Waals surface area contributed by atoms with Gasteiger partial charge >= 0.3 is 0 Å². The van der Waals surface area contributed by atoms with E-state index in [4.69, 9.17) is 11.6 Å². The number of halogens is 1. The third-order valence-corrected chi connectivity index (χ3v) is 3.95. The molecule has 0 nitrogen and oxygen atoms in total. The third-order valence-electron chi connectivity index (χ3n) is 3.38. The van der Waals surface area contributed by atoms with Crippen LogP contribution in [-0.4, -0.2) is 5.38 Å². The fourth-order valence-electron chi connectivity index (χ4n) is 2.39. The van der Waals surface area contributed by atoms with Crippen molar-refractivity contribution >= 4 is 11.6 Å². The van der Waals surface area contributed by atoms with Crippen molar-refractivity contribution in [3.8, 4) is 0 Å². The Kier molecular flexibility index (Phi) is 5.16. The summed E-state index contributed by atoms with van der Waals surface area (Å²) in [7, 11) is 0. The second kappa shape index (κ2) is 5.90. The molecule has 0 aromatic carbocycles. The van der Waals surface area contributed by atoms with Gasteiger partial charge in [-0.3, -0.25) is 0 Å². The van der Waals surface area contributed by atoms with E-state index in [1.807, 2.05) is 0 Å². The van der Waals surface area contributed by atoms with Crippen LogP contribution in [0.2, 0.25) is 0 Å². The van der Waals surface area contributed by atoms with Crippen molar-refractivity contribution in [2.45, 2.75) is 64.2 Å². The van der Waals surface area contributed by atoms with E-state index in [1.165, 1.54) is 44.9 Å². The summed E-state index contributed by atoms with van der Waals surface area (Å²) in [4.78, 5) is 0. The molecule has 1 saturated carbocycles. The molecule has 0 N–H and O–H groups in total. The molecule has 0 spiro atoms. The lowest BCUT2D eigenvalue weighted by molar-refractivity contribution is 0.412. The van der Waals surface area contributed by atoms with Crippen LogP contribution in [0.15, 0.2) is 0 Å². The fraction of sp³-hybridized carbons (Fsp3) is 1.00. The van der Waals surface area contributed by atoms with Crippen LogP contribution in [0.25, 0.3) is 0 Å². The quantitative estimate of drug-likeness (QED) is 0.463. The highest BCUT2D eigenvalue weighted by molar-refractivity contribution is 6.20. The van der Waals surface area contributed by atoms with Gasteiger partial charge in [0.1, 0.15) is 0 Å². The highest BCUT2D eigenvalue weighted by Crippen LogP contribution is 2.32. The van der Waals surface area contributed by atoms with Crippen LogP contribution in [-0.2, 0) is 0 Å². The molecule has 0 aliphatic heterocycles. The first-order chi connectivity index (χ1) is 6.24. The topological polar surface area (TPSA) is 0 Å². The van der Waals surface area contributed by atoms with Gasteiger partial charge in [0, 0.05) is 5.38 Å². The molecule has 0 saturated heterocycles. The molecule has 1 aliphatic carbocycles. The summed E-state index contributed by atoms with van der Waals surface area (Å²) < 4.78 is 0. The van der Waals surface area contributed by atoms with E-state index in [1.54, 1.807) is 0 Å². The number of hydrogen-bond acceptors (Lipinski definition) is 0. The Morgan fingerprint density at radius 1 is 1.23 bits per heavy atom. The maximum atomic E-state index is 6.38. The van der Waals surface area contributed by atoms with Gasteiger partial charge in [0.05, 0.1) is 0 Å². The van der Waals surface area contributed by atoms with E-state index >= 15 is 0 Å². The number of hydrogen-bond donors (Lipinski definition) is 0. The smallest absolute Gasteiger partial charge is 0.0364 e. The molecule has 0 heterocycles. The van der Waals surface area contributed by atoms with Crippen LogP contribution >= 0.6 is 11.6 Å². The van der Waals surface area contributed by atoms with Gasteiger partial charge in [-0.15, -0.1) is 11.6 Å². The maximum absolute atomic E-state index is 6.38. The van der Waals surface area contributed by atoms with Crippen LogP contribution in [0.5, 0.6) is 0 Å². The first kappa shape index (κ1) is 11.4. The number of rotatable bonds is 3. The largest absolute Gasteiger partial charge is 0.123 e. The van der Waals surface area contributed by atoms with E-state index in [0.717, 1.165) is 11.8 Å². The van der Waals surface area contributed by atoms with E-state index in [9.17, 15) is 0 Å². The van der Waals surface area contributed by atoms with Gasteiger partial charge in [-0.1, -0.05) is 39.5 Å². The summed E-state index contributed by atoms with van der Waals surface area (Å²) >= 11 is 6.38. The molecular weight excluding hydrogens is 180 g/mol. The predicted octanol–water partition coefficient (Wildman–Crippen LogP) is 4.61. The van der Waals surface area contributed by atoms with Crippen LogP contribution in [0, 0.1) is 11.8 Å². The zero-order valence-electron chi connectivity index (χ0n) is 9.06. The minimum absolute atomic E-state index is 0.454. The van der Waals surface area contributed by atoms with Crippen LogP contribution in [0.1, 0.15) is 58.8 Å². The molecule has 0 radical (unpaired) electrons. The summed E-state index contributed by atoms with van der Waals surface area (Å²) in [5.74, 6) is 1.75. The average molecular weight is 203 g/mol. The standard InChI is InChI=1S/C12H23Cl/c1-3-5-12(13)11-7-4-6-10(2)8-9-11/h10-12H,3-9H2,1-2H3. The second-order valence-electron chi connectivity index (χ2n) is 4.68. The molecule has 13 heavy (non-hydrogen) atoms. The SMILES string of the molecule is CCCC(Cl)C1CCCC(C)CC1. The van der Waals surface area contributed by atoms with Crippen molar-refractivity contribution in [1.29, 1.82) is 0 Å². The molecule has 1 heteroatoms. The fourth-order valence-corrected chi connectivity index (χ4v) is 2.86. The molecule has 78 valence electrons. The van der Waals surface area contributed by atoms with Gasteiger partial charge in [0.15, 0.2) is 0 Å². The molecule has 1 rings (SSSR count). The first-order valence-electron chi connectivity index (χ1n) is 5.88. The van der Waals surface area contributed by atoms with Crippen LogP contribution in [0.4, 0.5) is 0 Å². The van der Waals surface area contributed by atoms with Gasteiger partial charge in [-0.25, -0.2) is 0 Å². The van der Waals surface area contributed by atoms with Gasteiger partial charge < -0.3 is 0 Å². The first-order valence-corrected chi connectivity index (χ1v) is 6.31. The normalized spacial score (nSPS) is 32.5. The van der Waals surface area contributed by atoms with Crippen molar-refractivity contribution < 1.29 is 0 Å². The maximum Gasteiger partial charge on any atom is 0.0364 e. The molecule has 0 amide bonds. The zero-order valence-corrected chi connectivity index (χ0v) is 9.82. The molecule has 3 atom stereocenters. The zero-order chi connectivity index (χ0) is 9.68. The van der Waals surface area contributed by atoms with Crippen molar-refractivity contribution in [2.75, 3.05) is 0 Å². The van der Waals surface area contributed by atoms with E-state index in [2.05, 4.69) is 13.8 Å². The Labute approximate surface area is 88.1 Å². The monoisotopic (exact) mass is 202 g/mol. The average Bonchev–Trinajstić information content (AvgIpc) is 2.30. The summed E-state index contributed by atoms with van der Waals surface area (Å²) in [5.41, 5.74) is 0. The van der Waals surface area contributed by atoms with Gasteiger partial charge in [0.25, 0.3) is 0 Å². The molecule has 1 fully saturated rings. The Balaban J connectivity index is 2.32. The lowest BCUT2D eigenvalue weighted by Crippen LogP contribution is -2.13. The predicted molar refractivity (Wildman–Crippen MR) is 60.3 cm³/mol. The van der Waals surface area contributed by atoms with Crippen molar-refractivity contribution in [2.24, 2.45) is 11.8 Å². The molecule has 0 bridgehead atoms. The Morgan fingerprint density at radius 2 is 2.00 bits per heavy atom. The lowest BCUT2D eigenvalue weighted by atomic mass is 9.93. The minimum atomic E-state index is 0.454.